The zero-order valence-electron chi connectivity index (χ0n) is 24.0. The van der Waals surface area contributed by atoms with Gasteiger partial charge in [0.15, 0.2) is 5.82 Å². The maximum absolute atomic E-state index is 12.4. The Morgan fingerprint density at radius 2 is 1.85 bits per heavy atom. The number of hydrogen-bond acceptors (Lipinski definition) is 6. The normalized spacial score (nSPS) is 20.6. The van der Waals surface area contributed by atoms with Gasteiger partial charge in [-0.15, -0.1) is 0 Å². The van der Waals surface area contributed by atoms with Gasteiger partial charge in [-0.25, -0.2) is 0 Å². The van der Waals surface area contributed by atoms with Crippen LogP contribution in [-0.2, 0) is 31.2 Å². The predicted molar refractivity (Wildman–Crippen MR) is 157 cm³/mol. The van der Waals surface area contributed by atoms with Gasteiger partial charge in [-0.1, -0.05) is 6.07 Å². The van der Waals surface area contributed by atoms with Crippen molar-refractivity contribution in [3.8, 4) is 11.1 Å². The van der Waals surface area contributed by atoms with Crippen molar-refractivity contribution in [3.05, 3.63) is 47.4 Å². The first-order valence-electron chi connectivity index (χ1n) is 15.2. The molecule has 2 saturated heterocycles. The number of likely N-dealkylation sites (tertiary alicyclic amines) is 1. The predicted octanol–water partition coefficient (Wildman–Crippen LogP) is 3.52. The Kier molecular flexibility index (Phi) is 6.87. The van der Waals surface area contributed by atoms with Gasteiger partial charge < -0.3 is 20.0 Å². The van der Waals surface area contributed by atoms with Gasteiger partial charge in [0.25, 0.3) is 0 Å². The van der Waals surface area contributed by atoms with Gasteiger partial charge in [0.1, 0.15) is 0 Å². The zero-order valence-corrected chi connectivity index (χ0v) is 24.0. The topological polar surface area (TPSA) is 74.5 Å². The molecule has 0 bridgehead atoms. The molecule has 3 aromatic rings. The Bertz CT molecular complexity index is 1380. The highest BCUT2D eigenvalue weighted by atomic mass is 16.2. The van der Waals surface area contributed by atoms with E-state index in [1.165, 1.54) is 60.5 Å². The second-order valence-electron chi connectivity index (χ2n) is 12.3. The number of carbonyl (C=O) groups is 1. The van der Waals surface area contributed by atoms with Crippen molar-refractivity contribution in [2.45, 2.75) is 58.0 Å². The van der Waals surface area contributed by atoms with Crippen molar-refractivity contribution in [1.29, 1.82) is 0 Å². The van der Waals surface area contributed by atoms with Crippen LogP contribution in [0.2, 0.25) is 0 Å². The zero-order chi connectivity index (χ0) is 27.2. The lowest BCUT2D eigenvalue weighted by Crippen LogP contribution is -2.41. The van der Waals surface area contributed by atoms with Crippen molar-refractivity contribution >= 4 is 17.4 Å². The van der Waals surface area contributed by atoms with Crippen molar-refractivity contribution in [2.75, 3.05) is 50.7 Å². The van der Waals surface area contributed by atoms with Gasteiger partial charge >= 0.3 is 0 Å². The fourth-order valence-electron chi connectivity index (χ4n) is 7.36. The molecule has 4 aliphatic rings. The molecule has 0 aliphatic carbocycles. The van der Waals surface area contributed by atoms with Gasteiger partial charge in [-0.05, 0) is 74.4 Å². The monoisotopic (exact) mass is 542 g/mol. The number of benzene rings is 1. The van der Waals surface area contributed by atoms with Gasteiger partial charge in [-0.3, -0.25) is 14.2 Å². The Morgan fingerprint density at radius 1 is 1.02 bits per heavy atom. The van der Waals surface area contributed by atoms with Gasteiger partial charge in [0, 0.05) is 81.8 Å². The molecule has 7 rings (SSSR count). The van der Waals surface area contributed by atoms with Crippen LogP contribution in [0, 0.1) is 5.92 Å². The summed E-state index contributed by atoms with van der Waals surface area (Å²) in [4.78, 5) is 19.5. The molecule has 2 fully saturated rings. The van der Waals surface area contributed by atoms with E-state index in [2.05, 4.69) is 49.3 Å². The summed E-state index contributed by atoms with van der Waals surface area (Å²) in [7, 11) is 1.96. The van der Waals surface area contributed by atoms with Crippen LogP contribution in [-0.4, -0.2) is 81.1 Å². The molecule has 1 amide bonds. The fourth-order valence-corrected chi connectivity index (χ4v) is 7.36. The second-order valence-corrected chi connectivity index (χ2v) is 12.3. The number of hydrogen-bond donors (Lipinski definition) is 1. The number of rotatable bonds is 5. The number of aromatic nitrogens is 4. The molecule has 1 N–H and O–H groups in total. The van der Waals surface area contributed by atoms with Crippen LogP contribution < -0.4 is 10.2 Å². The molecule has 2 aromatic heterocycles. The maximum Gasteiger partial charge on any atom is 0.219 e. The largest absolute Gasteiger partial charge is 0.338 e. The van der Waals surface area contributed by atoms with E-state index in [0.29, 0.717) is 12.6 Å². The van der Waals surface area contributed by atoms with Crippen LogP contribution in [0.25, 0.3) is 11.1 Å². The molecule has 1 aromatic carbocycles. The highest BCUT2D eigenvalue weighted by Crippen LogP contribution is 2.41. The summed E-state index contributed by atoms with van der Waals surface area (Å²) in [6.07, 6.45) is 10.8. The van der Waals surface area contributed by atoms with Crippen molar-refractivity contribution in [3.63, 3.8) is 0 Å². The molecule has 0 saturated carbocycles. The summed E-state index contributed by atoms with van der Waals surface area (Å²) in [6.45, 7) is 9.96. The van der Waals surface area contributed by atoms with Crippen LogP contribution in [0.3, 0.4) is 0 Å². The number of nitrogens with one attached hydrogen (secondary N) is 1. The van der Waals surface area contributed by atoms with E-state index in [1.54, 1.807) is 6.92 Å². The lowest BCUT2D eigenvalue weighted by atomic mass is 9.95. The fraction of sp³-hybridized carbons (Fsp3) is 0.581. The standard InChI is InChI=1S/C31H42N8O/c1-22(40)37-15-10-30-28(21-37)31(34-39(30)27-8-13-36(14-9-27)19-23-5-11-32-12-6-23)38-16-7-25-17-24(3-4-29(25)38)26-18-33-35(2)20-26/h3-4,17-18,20,23,27,32H,5-16,19,21H2,1-2H3. The van der Waals surface area contributed by atoms with Crippen LogP contribution in [0.15, 0.2) is 30.6 Å². The smallest absolute Gasteiger partial charge is 0.219 e. The number of carbonyl (C=O) groups excluding carboxylic acids is 1. The molecule has 0 atom stereocenters. The average Bonchev–Trinajstić information content (AvgIpc) is 3.70. The first-order chi connectivity index (χ1) is 19.5. The number of fused-ring (bicyclic) bond motifs is 2. The highest BCUT2D eigenvalue weighted by Gasteiger charge is 2.34. The quantitative estimate of drug-likeness (QED) is 0.532. The van der Waals surface area contributed by atoms with Crippen molar-refractivity contribution in [1.82, 2.24) is 34.7 Å². The minimum atomic E-state index is 0.151. The molecule has 9 nitrogen and oxygen atoms in total. The van der Waals surface area contributed by atoms with E-state index in [4.69, 9.17) is 5.10 Å². The van der Waals surface area contributed by atoms with Crippen LogP contribution >= 0.6 is 0 Å². The molecule has 212 valence electrons. The average molecular weight is 543 g/mol. The summed E-state index contributed by atoms with van der Waals surface area (Å²) in [5.41, 5.74) is 7.56. The van der Waals surface area contributed by atoms with Crippen LogP contribution in [0.1, 0.15) is 55.5 Å². The summed E-state index contributed by atoms with van der Waals surface area (Å²) in [5, 5.41) is 13.2. The summed E-state index contributed by atoms with van der Waals surface area (Å²) in [5.74, 6) is 2.05. The van der Waals surface area contributed by atoms with Crippen molar-refractivity contribution < 1.29 is 4.79 Å². The minimum Gasteiger partial charge on any atom is -0.338 e. The Balaban J connectivity index is 1.15. The molecule has 6 heterocycles. The van der Waals surface area contributed by atoms with Crippen molar-refractivity contribution in [2.24, 2.45) is 13.0 Å². The summed E-state index contributed by atoms with van der Waals surface area (Å²) >= 11 is 0. The Hall–Kier alpha value is -3.17. The number of anilines is 2. The molecule has 4 aliphatic heterocycles. The molecule has 0 spiro atoms. The number of aryl methyl sites for hydroxylation is 1. The molecule has 40 heavy (non-hydrogen) atoms. The third-order valence-electron chi connectivity index (χ3n) is 9.66. The first-order valence-corrected chi connectivity index (χ1v) is 15.2. The van der Waals surface area contributed by atoms with Gasteiger partial charge in [0.2, 0.25) is 5.91 Å². The van der Waals surface area contributed by atoms with Gasteiger partial charge in [0.05, 0.1) is 18.8 Å². The third kappa shape index (κ3) is 4.83. The Morgan fingerprint density at radius 3 is 2.60 bits per heavy atom. The molecule has 9 heteroatoms. The summed E-state index contributed by atoms with van der Waals surface area (Å²) < 4.78 is 4.23. The molecule has 0 radical (unpaired) electrons. The van der Waals surface area contributed by atoms with Crippen LogP contribution in [0.4, 0.5) is 11.5 Å². The molecular weight excluding hydrogens is 500 g/mol. The van der Waals surface area contributed by atoms with E-state index in [-0.39, 0.29) is 5.91 Å². The molecular formula is C31H42N8O. The summed E-state index contributed by atoms with van der Waals surface area (Å²) in [6, 6.07) is 7.21. The number of piperidine rings is 2. The molecule has 0 unspecified atom stereocenters. The van der Waals surface area contributed by atoms with Gasteiger partial charge in [-0.2, -0.15) is 10.2 Å². The van der Waals surface area contributed by atoms with E-state index in [9.17, 15) is 4.79 Å². The van der Waals surface area contributed by atoms with Crippen LogP contribution in [0.5, 0.6) is 0 Å². The minimum absolute atomic E-state index is 0.151. The second kappa shape index (κ2) is 10.7. The number of nitrogens with zero attached hydrogens (tertiary/aromatic N) is 7. The first kappa shape index (κ1) is 25.8. The van der Waals surface area contributed by atoms with E-state index >= 15 is 0 Å². The lowest BCUT2D eigenvalue weighted by molar-refractivity contribution is -0.129. The van der Waals surface area contributed by atoms with E-state index in [0.717, 1.165) is 69.2 Å². The third-order valence-corrected chi connectivity index (χ3v) is 9.66. The van der Waals surface area contributed by atoms with E-state index in [1.807, 2.05) is 22.8 Å². The maximum atomic E-state index is 12.4. The highest BCUT2D eigenvalue weighted by molar-refractivity contribution is 5.77. The Labute approximate surface area is 237 Å². The SMILES string of the molecule is CC(=O)N1CCc2c(c(N3CCc4cc(-c5cnn(C)c5)ccc43)nn2C2CCN(CC3CCNCC3)CC2)C1. The van der Waals surface area contributed by atoms with E-state index < -0.39 is 0 Å². The lowest BCUT2D eigenvalue weighted by Gasteiger charge is -2.36. The number of amides is 1.